The number of benzene rings is 1. The van der Waals surface area contributed by atoms with Gasteiger partial charge in [-0.05, 0) is 52.4 Å². The molecule has 0 fully saturated rings. The van der Waals surface area contributed by atoms with Gasteiger partial charge in [-0.25, -0.2) is 0 Å². The van der Waals surface area contributed by atoms with E-state index in [1.807, 2.05) is 46.9 Å². The fourth-order valence-corrected chi connectivity index (χ4v) is 1.92. The van der Waals surface area contributed by atoms with Crippen molar-refractivity contribution in [3.63, 3.8) is 0 Å². The first-order valence-electron chi connectivity index (χ1n) is 7.58. The number of likely N-dealkylation sites (N-methyl/N-ethyl adjacent to an activating group) is 1. The number of hydrogen-bond acceptors (Lipinski definition) is 4. The van der Waals surface area contributed by atoms with Gasteiger partial charge in [0.1, 0.15) is 5.75 Å². The van der Waals surface area contributed by atoms with Crippen LogP contribution in [-0.2, 0) is 9.47 Å². The summed E-state index contributed by atoms with van der Waals surface area (Å²) in [6, 6.07) is 8.30. The molecule has 1 rings (SSSR count). The molecule has 1 aromatic rings. The summed E-state index contributed by atoms with van der Waals surface area (Å²) in [5, 5.41) is 3.27. The maximum absolute atomic E-state index is 5.70. The van der Waals surface area contributed by atoms with Gasteiger partial charge in [0.25, 0.3) is 0 Å². The SMILES string of the molecule is CCOc1ccc(C(COCCOC(C)(C)C)NC)cc1. The van der Waals surface area contributed by atoms with Crippen molar-refractivity contribution in [3.8, 4) is 5.75 Å². The van der Waals surface area contributed by atoms with Crippen LogP contribution in [0.4, 0.5) is 0 Å². The van der Waals surface area contributed by atoms with E-state index in [2.05, 4.69) is 17.4 Å². The Labute approximate surface area is 128 Å². The van der Waals surface area contributed by atoms with Crippen LogP contribution in [-0.4, -0.2) is 39.1 Å². The van der Waals surface area contributed by atoms with E-state index < -0.39 is 0 Å². The molecule has 0 aromatic heterocycles. The zero-order valence-corrected chi connectivity index (χ0v) is 13.9. The van der Waals surface area contributed by atoms with E-state index in [1.165, 1.54) is 5.56 Å². The number of ether oxygens (including phenoxy) is 3. The van der Waals surface area contributed by atoms with Crippen molar-refractivity contribution >= 4 is 0 Å². The van der Waals surface area contributed by atoms with Gasteiger partial charge in [-0.1, -0.05) is 12.1 Å². The molecule has 0 spiro atoms. The summed E-state index contributed by atoms with van der Waals surface area (Å²) in [4.78, 5) is 0. The molecule has 0 heterocycles. The summed E-state index contributed by atoms with van der Waals surface area (Å²) < 4.78 is 16.8. The molecule has 0 radical (unpaired) electrons. The van der Waals surface area contributed by atoms with Crippen molar-refractivity contribution in [2.75, 3.05) is 33.5 Å². The lowest BCUT2D eigenvalue weighted by Gasteiger charge is -2.21. The van der Waals surface area contributed by atoms with Crippen LogP contribution in [0.1, 0.15) is 39.3 Å². The fourth-order valence-electron chi connectivity index (χ4n) is 1.92. The molecule has 4 nitrogen and oxygen atoms in total. The van der Waals surface area contributed by atoms with E-state index in [4.69, 9.17) is 14.2 Å². The predicted molar refractivity (Wildman–Crippen MR) is 85.9 cm³/mol. The third-order valence-electron chi connectivity index (χ3n) is 2.99. The normalized spacial score (nSPS) is 13.2. The molecule has 0 aliphatic rings. The minimum absolute atomic E-state index is 0.110. The number of rotatable bonds is 9. The number of nitrogens with one attached hydrogen (secondary N) is 1. The van der Waals surface area contributed by atoms with E-state index in [9.17, 15) is 0 Å². The van der Waals surface area contributed by atoms with Gasteiger partial charge in [0.2, 0.25) is 0 Å². The third-order valence-corrected chi connectivity index (χ3v) is 2.99. The molecule has 4 heteroatoms. The Bertz CT molecular complexity index is 384. The van der Waals surface area contributed by atoms with Crippen LogP contribution in [0.3, 0.4) is 0 Å². The van der Waals surface area contributed by atoms with Crippen LogP contribution in [0.2, 0.25) is 0 Å². The van der Waals surface area contributed by atoms with Crippen LogP contribution in [0.25, 0.3) is 0 Å². The molecule has 120 valence electrons. The molecule has 0 bridgehead atoms. The van der Waals surface area contributed by atoms with Gasteiger partial charge in [0.05, 0.1) is 38.1 Å². The lowest BCUT2D eigenvalue weighted by molar-refractivity contribution is -0.0372. The largest absolute Gasteiger partial charge is 0.494 e. The van der Waals surface area contributed by atoms with Crippen LogP contribution < -0.4 is 10.1 Å². The smallest absolute Gasteiger partial charge is 0.119 e. The molecule has 21 heavy (non-hydrogen) atoms. The van der Waals surface area contributed by atoms with E-state index in [-0.39, 0.29) is 11.6 Å². The van der Waals surface area contributed by atoms with E-state index in [0.717, 1.165) is 5.75 Å². The highest BCUT2D eigenvalue weighted by atomic mass is 16.5. The molecule has 0 amide bonds. The lowest BCUT2D eigenvalue weighted by Crippen LogP contribution is -2.25. The summed E-state index contributed by atoms with van der Waals surface area (Å²) in [5.41, 5.74) is 1.08. The fraction of sp³-hybridized carbons (Fsp3) is 0.647. The Kier molecular flexibility index (Phi) is 7.72. The van der Waals surface area contributed by atoms with Gasteiger partial charge in [-0.3, -0.25) is 0 Å². The predicted octanol–water partition coefficient (Wildman–Crippen LogP) is 3.18. The zero-order chi connectivity index (χ0) is 15.7. The first-order chi connectivity index (χ1) is 9.96. The van der Waals surface area contributed by atoms with Crippen LogP contribution in [0, 0.1) is 0 Å². The maximum Gasteiger partial charge on any atom is 0.119 e. The van der Waals surface area contributed by atoms with Gasteiger partial charge >= 0.3 is 0 Å². The van der Waals surface area contributed by atoms with E-state index in [0.29, 0.717) is 26.4 Å². The topological polar surface area (TPSA) is 39.7 Å². The van der Waals surface area contributed by atoms with E-state index >= 15 is 0 Å². The Morgan fingerprint density at radius 1 is 1.10 bits per heavy atom. The van der Waals surface area contributed by atoms with E-state index in [1.54, 1.807) is 0 Å². The maximum atomic E-state index is 5.70. The number of hydrogen-bond donors (Lipinski definition) is 1. The second-order valence-electron chi connectivity index (χ2n) is 5.88. The van der Waals surface area contributed by atoms with Gasteiger partial charge in [-0.2, -0.15) is 0 Å². The van der Waals surface area contributed by atoms with Crippen molar-refractivity contribution in [2.45, 2.75) is 39.3 Å². The molecule has 0 saturated carbocycles. The van der Waals surface area contributed by atoms with Gasteiger partial charge in [-0.15, -0.1) is 0 Å². The summed E-state index contributed by atoms with van der Waals surface area (Å²) in [6.45, 7) is 10.6. The highest BCUT2D eigenvalue weighted by Gasteiger charge is 2.11. The monoisotopic (exact) mass is 295 g/mol. The van der Waals surface area contributed by atoms with Crippen molar-refractivity contribution in [2.24, 2.45) is 0 Å². The van der Waals surface area contributed by atoms with Crippen molar-refractivity contribution in [1.29, 1.82) is 0 Å². The van der Waals surface area contributed by atoms with Gasteiger partial charge < -0.3 is 19.5 Å². The molecule has 0 saturated heterocycles. The molecular weight excluding hydrogens is 266 g/mol. The molecule has 0 aliphatic carbocycles. The Morgan fingerprint density at radius 2 is 1.76 bits per heavy atom. The first kappa shape index (κ1) is 18.0. The first-order valence-corrected chi connectivity index (χ1v) is 7.58. The van der Waals surface area contributed by atoms with Crippen LogP contribution >= 0.6 is 0 Å². The van der Waals surface area contributed by atoms with Crippen molar-refractivity contribution in [3.05, 3.63) is 29.8 Å². The minimum Gasteiger partial charge on any atom is -0.494 e. The standard InChI is InChI=1S/C17H29NO3/c1-6-20-15-9-7-14(8-10-15)16(18-5)13-19-11-12-21-17(2,3)4/h7-10,16,18H,6,11-13H2,1-5H3. The molecule has 1 unspecified atom stereocenters. The van der Waals surface area contributed by atoms with Crippen LogP contribution in [0.5, 0.6) is 5.75 Å². The lowest BCUT2D eigenvalue weighted by atomic mass is 10.1. The summed E-state index contributed by atoms with van der Waals surface area (Å²) >= 11 is 0. The van der Waals surface area contributed by atoms with Crippen molar-refractivity contribution < 1.29 is 14.2 Å². The molecular formula is C17H29NO3. The van der Waals surface area contributed by atoms with Crippen molar-refractivity contribution in [1.82, 2.24) is 5.32 Å². The highest BCUT2D eigenvalue weighted by molar-refractivity contribution is 5.29. The quantitative estimate of drug-likeness (QED) is 0.710. The molecule has 1 atom stereocenters. The Balaban J connectivity index is 2.37. The Morgan fingerprint density at radius 3 is 2.29 bits per heavy atom. The van der Waals surface area contributed by atoms with Gasteiger partial charge in [0.15, 0.2) is 0 Å². The highest BCUT2D eigenvalue weighted by Crippen LogP contribution is 2.18. The minimum atomic E-state index is -0.110. The average molecular weight is 295 g/mol. The molecule has 1 N–H and O–H groups in total. The zero-order valence-electron chi connectivity index (χ0n) is 13.9. The molecule has 0 aliphatic heterocycles. The summed E-state index contributed by atoms with van der Waals surface area (Å²) in [5.74, 6) is 0.899. The average Bonchev–Trinajstić information content (AvgIpc) is 2.43. The second kappa shape index (κ2) is 9.03. The summed E-state index contributed by atoms with van der Waals surface area (Å²) in [7, 11) is 1.94. The second-order valence-corrected chi connectivity index (χ2v) is 5.88. The van der Waals surface area contributed by atoms with Gasteiger partial charge in [0, 0.05) is 0 Å². The Hall–Kier alpha value is -1.10. The van der Waals surface area contributed by atoms with Crippen LogP contribution in [0.15, 0.2) is 24.3 Å². The third kappa shape index (κ3) is 7.46. The molecule has 1 aromatic carbocycles. The summed E-state index contributed by atoms with van der Waals surface area (Å²) in [6.07, 6.45) is 0.